The van der Waals surface area contributed by atoms with E-state index in [2.05, 4.69) is 31.1 Å². The number of likely N-dealkylation sites (N-methyl/N-ethyl adjacent to an activating group) is 1. The summed E-state index contributed by atoms with van der Waals surface area (Å²) in [5.74, 6) is 0. The molecule has 1 fully saturated rings. The second-order valence-electron chi connectivity index (χ2n) is 5.60. The monoisotopic (exact) mass is 240 g/mol. The topological polar surface area (TPSA) is 15.3 Å². The highest BCUT2D eigenvalue weighted by atomic mass is 15.2. The highest BCUT2D eigenvalue weighted by Crippen LogP contribution is 2.22. The fraction of sp³-hybridized carbons (Fsp3) is 1.00. The SMILES string of the molecule is CCCCCN(C)C1CCCCC1NCCC. The minimum absolute atomic E-state index is 0.746. The van der Waals surface area contributed by atoms with E-state index in [0.29, 0.717) is 0 Å². The summed E-state index contributed by atoms with van der Waals surface area (Å²) in [4.78, 5) is 2.61. The van der Waals surface area contributed by atoms with Crippen molar-refractivity contribution >= 4 is 0 Å². The zero-order valence-corrected chi connectivity index (χ0v) is 12.2. The van der Waals surface area contributed by atoms with E-state index in [9.17, 15) is 0 Å². The molecule has 0 spiro atoms. The molecular weight excluding hydrogens is 208 g/mol. The van der Waals surface area contributed by atoms with Gasteiger partial charge in [-0.2, -0.15) is 0 Å². The van der Waals surface area contributed by atoms with Crippen LogP contribution in [0, 0.1) is 0 Å². The molecular formula is C15H32N2. The van der Waals surface area contributed by atoms with E-state index in [0.717, 1.165) is 12.1 Å². The van der Waals surface area contributed by atoms with Crippen LogP contribution in [-0.2, 0) is 0 Å². The number of unbranched alkanes of at least 4 members (excludes halogenated alkanes) is 2. The van der Waals surface area contributed by atoms with Crippen LogP contribution in [-0.4, -0.2) is 37.1 Å². The Morgan fingerprint density at radius 2 is 1.82 bits per heavy atom. The van der Waals surface area contributed by atoms with Crippen molar-refractivity contribution in [3.05, 3.63) is 0 Å². The maximum absolute atomic E-state index is 3.75. The Hall–Kier alpha value is -0.0800. The lowest BCUT2D eigenvalue weighted by Crippen LogP contribution is -2.50. The van der Waals surface area contributed by atoms with Gasteiger partial charge in [-0.05, 0) is 45.8 Å². The zero-order valence-electron chi connectivity index (χ0n) is 12.2. The lowest BCUT2D eigenvalue weighted by atomic mass is 9.89. The molecule has 2 unspecified atom stereocenters. The van der Waals surface area contributed by atoms with Crippen LogP contribution in [0.4, 0.5) is 0 Å². The smallest absolute Gasteiger partial charge is 0.0246 e. The summed E-state index contributed by atoms with van der Waals surface area (Å²) in [5, 5.41) is 3.75. The molecule has 2 nitrogen and oxygen atoms in total. The Labute approximate surface area is 108 Å². The quantitative estimate of drug-likeness (QED) is 0.654. The zero-order chi connectivity index (χ0) is 12.5. The molecule has 2 heteroatoms. The number of hydrogen-bond donors (Lipinski definition) is 1. The van der Waals surface area contributed by atoms with Crippen LogP contribution in [0.15, 0.2) is 0 Å². The summed E-state index contributed by atoms with van der Waals surface area (Å²) in [5.41, 5.74) is 0. The van der Waals surface area contributed by atoms with Crippen LogP contribution in [0.5, 0.6) is 0 Å². The molecule has 17 heavy (non-hydrogen) atoms. The molecule has 102 valence electrons. The Balaban J connectivity index is 2.34. The van der Waals surface area contributed by atoms with Gasteiger partial charge in [0.05, 0.1) is 0 Å². The molecule has 0 aromatic carbocycles. The molecule has 0 bridgehead atoms. The van der Waals surface area contributed by atoms with Gasteiger partial charge in [-0.3, -0.25) is 0 Å². The summed E-state index contributed by atoms with van der Waals surface area (Å²) < 4.78 is 0. The first-order valence-electron chi connectivity index (χ1n) is 7.73. The largest absolute Gasteiger partial charge is 0.312 e. The maximum atomic E-state index is 3.75. The van der Waals surface area contributed by atoms with E-state index in [1.54, 1.807) is 0 Å². The molecule has 0 saturated heterocycles. The molecule has 0 aromatic heterocycles. The van der Waals surface area contributed by atoms with E-state index in [-0.39, 0.29) is 0 Å². The third-order valence-corrected chi connectivity index (χ3v) is 4.07. The maximum Gasteiger partial charge on any atom is 0.0246 e. The van der Waals surface area contributed by atoms with Crippen LogP contribution >= 0.6 is 0 Å². The minimum atomic E-state index is 0.746. The van der Waals surface area contributed by atoms with Crippen molar-refractivity contribution in [1.29, 1.82) is 0 Å². The van der Waals surface area contributed by atoms with Crippen molar-refractivity contribution in [3.8, 4) is 0 Å². The second-order valence-corrected chi connectivity index (χ2v) is 5.60. The first kappa shape index (κ1) is 15.0. The van der Waals surface area contributed by atoms with Crippen LogP contribution in [0.2, 0.25) is 0 Å². The van der Waals surface area contributed by atoms with E-state index in [1.165, 1.54) is 64.5 Å². The summed E-state index contributed by atoms with van der Waals surface area (Å²) in [7, 11) is 2.33. The standard InChI is InChI=1S/C15H32N2/c1-4-6-9-13-17(3)15-11-8-7-10-14(15)16-12-5-2/h14-16H,4-13H2,1-3H3. The average molecular weight is 240 g/mol. The van der Waals surface area contributed by atoms with Crippen molar-refractivity contribution < 1.29 is 0 Å². The summed E-state index contributed by atoms with van der Waals surface area (Å²) in [6.45, 7) is 7.01. The Kier molecular flexibility index (Phi) is 7.87. The third kappa shape index (κ3) is 5.39. The summed E-state index contributed by atoms with van der Waals surface area (Å²) in [6.07, 6.45) is 10.9. The first-order valence-corrected chi connectivity index (χ1v) is 7.73. The van der Waals surface area contributed by atoms with Crippen LogP contribution in [0.1, 0.15) is 65.2 Å². The van der Waals surface area contributed by atoms with Gasteiger partial charge in [0.1, 0.15) is 0 Å². The summed E-state index contributed by atoms with van der Waals surface area (Å²) >= 11 is 0. The lowest BCUT2D eigenvalue weighted by molar-refractivity contribution is 0.147. The summed E-state index contributed by atoms with van der Waals surface area (Å²) in [6, 6.07) is 1.53. The molecule has 1 aliphatic carbocycles. The predicted molar refractivity (Wildman–Crippen MR) is 76.5 cm³/mol. The fourth-order valence-corrected chi connectivity index (χ4v) is 2.98. The Morgan fingerprint density at radius 1 is 1.06 bits per heavy atom. The average Bonchev–Trinajstić information content (AvgIpc) is 2.37. The highest BCUT2D eigenvalue weighted by molar-refractivity contribution is 4.86. The molecule has 0 aliphatic heterocycles. The van der Waals surface area contributed by atoms with Gasteiger partial charge < -0.3 is 10.2 Å². The molecule has 0 heterocycles. The van der Waals surface area contributed by atoms with Crippen molar-refractivity contribution in [2.75, 3.05) is 20.1 Å². The lowest BCUT2D eigenvalue weighted by Gasteiger charge is -2.38. The van der Waals surface area contributed by atoms with Gasteiger partial charge in [0.25, 0.3) is 0 Å². The molecule has 1 aliphatic rings. The molecule has 0 aromatic rings. The fourth-order valence-electron chi connectivity index (χ4n) is 2.98. The number of rotatable bonds is 8. The Morgan fingerprint density at radius 3 is 2.53 bits per heavy atom. The molecule has 1 rings (SSSR count). The highest BCUT2D eigenvalue weighted by Gasteiger charge is 2.27. The number of hydrogen-bond acceptors (Lipinski definition) is 2. The third-order valence-electron chi connectivity index (χ3n) is 4.07. The predicted octanol–water partition coefficient (Wildman–Crippen LogP) is 3.42. The number of nitrogens with one attached hydrogen (secondary N) is 1. The van der Waals surface area contributed by atoms with Gasteiger partial charge in [0.2, 0.25) is 0 Å². The molecule has 0 radical (unpaired) electrons. The van der Waals surface area contributed by atoms with Gasteiger partial charge in [0, 0.05) is 12.1 Å². The van der Waals surface area contributed by atoms with E-state index in [1.807, 2.05) is 0 Å². The van der Waals surface area contributed by atoms with Gasteiger partial charge in [-0.1, -0.05) is 39.5 Å². The number of nitrogens with zero attached hydrogens (tertiary/aromatic N) is 1. The van der Waals surface area contributed by atoms with E-state index >= 15 is 0 Å². The van der Waals surface area contributed by atoms with Crippen LogP contribution in [0.3, 0.4) is 0 Å². The molecule has 0 amide bonds. The van der Waals surface area contributed by atoms with Gasteiger partial charge in [-0.25, -0.2) is 0 Å². The van der Waals surface area contributed by atoms with Crippen molar-refractivity contribution in [2.24, 2.45) is 0 Å². The van der Waals surface area contributed by atoms with Gasteiger partial charge in [0.15, 0.2) is 0 Å². The first-order chi connectivity index (χ1) is 8.29. The molecule has 1 saturated carbocycles. The minimum Gasteiger partial charge on any atom is -0.312 e. The van der Waals surface area contributed by atoms with Crippen LogP contribution < -0.4 is 5.32 Å². The second kappa shape index (κ2) is 8.93. The molecule has 2 atom stereocenters. The van der Waals surface area contributed by atoms with Crippen molar-refractivity contribution in [2.45, 2.75) is 77.3 Å². The molecule has 1 N–H and O–H groups in total. The van der Waals surface area contributed by atoms with Crippen molar-refractivity contribution in [3.63, 3.8) is 0 Å². The Bertz CT molecular complexity index is 182. The van der Waals surface area contributed by atoms with E-state index < -0.39 is 0 Å². The van der Waals surface area contributed by atoms with Crippen LogP contribution in [0.25, 0.3) is 0 Å². The van der Waals surface area contributed by atoms with Gasteiger partial charge in [-0.15, -0.1) is 0 Å². The van der Waals surface area contributed by atoms with E-state index in [4.69, 9.17) is 0 Å². The normalized spacial score (nSPS) is 25.4. The van der Waals surface area contributed by atoms with Gasteiger partial charge >= 0.3 is 0 Å². The van der Waals surface area contributed by atoms with Crippen molar-refractivity contribution in [1.82, 2.24) is 10.2 Å².